The first kappa shape index (κ1) is 9.13. The van der Waals surface area contributed by atoms with Crippen molar-refractivity contribution in [1.29, 1.82) is 0 Å². The summed E-state index contributed by atoms with van der Waals surface area (Å²) in [6, 6.07) is 7.67. The lowest BCUT2D eigenvalue weighted by atomic mass is 9.81. The summed E-state index contributed by atoms with van der Waals surface area (Å²) in [6.07, 6.45) is 2.94. The van der Waals surface area contributed by atoms with E-state index in [1.165, 1.54) is 0 Å². The Hall–Kier alpha value is -1.44. The third-order valence-electron chi connectivity index (χ3n) is 2.80. The molecule has 0 aromatic heterocycles. The van der Waals surface area contributed by atoms with Gasteiger partial charge >= 0.3 is 0 Å². The Labute approximate surface area is 82.9 Å². The molecular formula is C12H12O2. The molecule has 1 aliphatic rings. The van der Waals surface area contributed by atoms with Gasteiger partial charge in [-0.2, -0.15) is 0 Å². The zero-order valence-corrected chi connectivity index (χ0v) is 7.90. The van der Waals surface area contributed by atoms with E-state index in [2.05, 4.69) is 0 Å². The first-order valence-electron chi connectivity index (χ1n) is 4.88. The zero-order chi connectivity index (χ0) is 9.97. The molecule has 0 radical (unpaired) electrons. The summed E-state index contributed by atoms with van der Waals surface area (Å²) >= 11 is 0. The molecule has 1 atom stereocenters. The van der Waals surface area contributed by atoms with Gasteiger partial charge < -0.3 is 4.79 Å². The molecule has 2 heteroatoms. The molecule has 0 aliphatic heterocycles. The predicted octanol–water partition coefficient (Wildman–Crippen LogP) is 2.02. The lowest BCUT2D eigenvalue weighted by molar-refractivity contribution is -0.108. The van der Waals surface area contributed by atoms with Crippen molar-refractivity contribution in [2.75, 3.05) is 0 Å². The summed E-state index contributed by atoms with van der Waals surface area (Å²) in [6.45, 7) is 0. The molecule has 0 amide bonds. The van der Waals surface area contributed by atoms with Crippen LogP contribution in [0.2, 0.25) is 0 Å². The van der Waals surface area contributed by atoms with E-state index in [0.29, 0.717) is 6.42 Å². The van der Waals surface area contributed by atoms with Gasteiger partial charge in [-0.1, -0.05) is 24.3 Å². The van der Waals surface area contributed by atoms with Gasteiger partial charge in [0.25, 0.3) is 0 Å². The van der Waals surface area contributed by atoms with Crippen molar-refractivity contribution >= 4 is 12.1 Å². The van der Waals surface area contributed by atoms with Crippen molar-refractivity contribution in [3.63, 3.8) is 0 Å². The molecule has 14 heavy (non-hydrogen) atoms. The first-order valence-corrected chi connectivity index (χ1v) is 4.88. The lowest BCUT2D eigenvalue weighted by Gasteiger charge is -2.21. The second-order valence-corrected chi connectivity index (χ2v) is 3.66. The van der Waals surface area contributed by atoms with Crippen LogP contribution in [0, 0.1) is 5.92 Å². The average molecular weight is 188 g/mol. The van der Waals surface area contributed by atoms with Crippen LogP contribution in [0.4, 0.5) is 0 Å². The van der Waals surface area contributed by atoms with E-state index in [9.17, 15) is 9.59 Å². The van der Waals surface area contributed by atoms with E-state index in [-0.39, 0.29) is 11.7 Å². The van der Waals surface area contributed by atoms with Crippen molar-refractivity contribution < 1.29 is 9.59 Å². The number of carbonyl (C=O) groups excluding carboxylic acids is 2. The molecule has 0 fully saturated rings. The highest BCUT2D eigenvalue weighted by Crippen LogP contribution is 2.26. The van der Waals surface area contributed by atoms with Crippen LogP contribution < -0.4 is 0 Å². The maximum Gasteiger partial charge on any atom is 0.166 e. The van der Waals surface area contributed by atoms with E-state index in [1.54, 1.807) is 0 Å². The van der Waals surface area contributed by atoms with Crippen molar-refractivity contribution in [1.82, 2.24) is 0 Å². The number of rotatable bonds is 2. The average Bonchev–Trinajstić information content (AvgIpc) is 2.23. The van der Waals surface area contributed by atoms with Gasteiger partial charge in [-0.15, -0.1) is 0 Å². The number of aldehydes is 1. The van der Waals surface area contributed by atoms with Gasteiger partial charge in [0.2, 0.25) is 0 Å². The predicted molar refractivity (Wildman–Crippen MR) is 53.3 cm³/mol. The summed E-state index contributed by atoms with van der Waals surface area (Å²) in [7, 11) is 0. The Morgan fingerprint density at radius 2 is 2.14 bits per heavy atom. The maximum atomic E-state index is 11.8. The Kier molecular flexibility index (Phi) is 2.44. The highest BCUT2D eigenvalue weighted by atomic mass is 16.1. The van der Waals surface area contributed by atoms with Gasteiger partial charge in [-0.25, -0.2) is 0 Å². The number of benzene rings is 1. The first-order chi connectivity index (χ1) is 6.83. The van der Waals surface area contributed by atoms with Gasteiger partial charge in [0.15, 0.2) is 5.78 Å². The number of aryl methyl sites for hydroxylation is 1. The largest absolute Gasteiger partial charge is 0.303 e. The van der Waals surface area contributed by atoms with E-state index < -0.39 is 0 Å². The molecule has 0 bridgehead atoms. The summed E-state index contributed by atoms with van der Waals surface area (Å²) < 4.78 is 0. The Morgan fingerprint density at radius 1 is 1.36 bits per heavy atom. The molecule has 2 nitrogen and oxygen atoms in total. The van der Waals surface area contributed by atoms with E-state index in [4.69, 9.17) is 0 Å². The highest BCUT2D eigenvalue weighted by Gasteiger charge is 2.26. The topological polar surface area (TPSA) is 34.1 Å². The summed E-state index contributed by atoms with van der Waals surface area (Å²) in [4.78, 5) is 22.2. The summed E-state index contributed by atoms with van der Waals surface area (Å²) in [5.74, 6) is 0.0568. The molecule has 1 aromatic carbocycles. The normalized spacial score (nSPS) is 20.3. The van der Waals surface area contributed by atoms with Crippen LogP contribution in [0.25, 0.3) is 0 Å². The van der Waals surface area contributed by atoms with Crippen LogP contribution >= 0.6 is 0 Å². The Morgan fingerprint density at radius 3 is 2.93 bits per heavy atom. The number of ketones is 1. The van der Waals surface area contributed by atoms with E-state index in [1.807, 2.05) is 24.3 Å². The van der Waals surface area contributed by atoms with Crippen LogP contribution in [0.15, 0.2) is 24.3 Å². The molecular weight excluding hydrogens is 176 g/mol. The minimum atomic E-state index is -0.0811. The van der Waals surface area contributed by atoms with Gasteiger partial charge in [-0.05, 0) is 18.4 Å². The van der Waals surface area contributed by atoms with Crippen molar-refractivity contribution in [2.24, 2.45) is 5.92 Å². The Balaban J connectivity index is 2.31. The molecule has 0 saturated heterocycles. The zero-order valence-electron chi connectivity index (χ0n) is 7.90. The third-order valence-corrected chi connectivity index (χ3v) is 2.80. The standard InChI is InChI=1S/C12H12O2/c13-8-7-10-6-5-9-3-1-2-4-11(9)12(10)14/h1-4,8,10H,5-7H2. The van der Waals surface area contributed by atoms with E-state index >= 15 is 0 Å². The van der Waals surface area contributed by atoms with Crippen LogP contribution in [-0.2, 0) is 11.2 Å². The quantitative estimate of drug-likeness (QED) is 0.665. The fraction of sp³-hybridized carbons (Fsp3) is 0.333. The molecule has 2 rings (SSSR count). The highest BCUT2D eigenvalue weighted by molar-refractivity contribution is 6.00. The van der Waals surface area contributed by atoms with Crippen LogP contribution in [0.3, 0.4) is 0 Å². The minimum Gasteiger partial charge on any atom is -0.303 e. The second-order valence-electron chi connectivity index (χ2n) is 3.66. The van der Waals surface area contributed by atoms with Crippen LogP contribution in [0.5, 0.6) is 0 Å². The number of Topliss-reactive ketones (excluding diaryl/α,β-unsaturated/α-hetero) is 1. The molecule has 1 aromatic rings. The fourth-order valence-corrected chi connectivity index (χ4v) is 2.00. The van der Waals surface area contributed by atoms with Crippen LogP contribution in [-0.4, -0.2) is 12.1 Å². The van der Waals surface area contributed by atoms with Crippen molar-refractivity contribution in [3.05, 3.63) is 35.4 Å². The summed E-state index contributed by atoms with van der Waals surface area (Å²) in [5.41, 5.74) is 1.94. The van der Waals surface area contributed by atoms with Crippen molar-refractivity contribution in [3.8, 4) is 0 Å². The SMILES string of the molecule is O=CCC1CCc2ccccc2C1=O. The van der Waals surface area contributed by atoms with Gasteiger partial charge in [0, 0.05) is 17.9 Å². The molecule has 0 saturated carbocycles. The number of hydrogen-bond donors (Lipinski definition) is 0. The van der Waals surface area contributed by atoms with Gasteiger partial charge in [0.05, 0.1) is 0 Å². The maximum absolute atomic E-state index is 11.8. The smallest absolute Gasteiger partial charge is 0.166 e. The molecule has 0 N–H and O–H groups in total. The Bertz CT molecular complexity index is 368. The molecule has 0 spiro atoms. The van der Waals surface area contributed by atoms with E-state index in [0.717, 1.165) is 30.3 Å². The van der Waals surface area contributed by atoms with Gasteiger partial charge in [-0.3, -0.25) is 4.79 Å². The van der Waals surface area contributed by atoms with Gasteiger partial charge in [0.1, 0.15) is 6.29 Å². The number of carbonyl (C=O) groups is 2. The molecule has 1 aliphatic carbocycles. The third kappa shape index (κ3) is 1.48. The lowest BCUT2D eigenvalue weighted by Crippen LogP contribution is -2.22. The summed E-state index contributed by atoms with van der Waals surface area (Å²) in [5, 5.41) is 0. The fourth-order valence-electron chi connectivity index (χ4n) is 2.00. The molecule has 1 unspecified atom stereocenters. The second kappa shape index (κ2) is 3.74. The molecule has 0 heterocycles. The number of hydrogen-bond acceptors (Lipinski definition) is 2. The minimum absolute atomic E-state index is 0.0811. The monoisotopic (exact) mass is 188 g/mol. The van der Waals surface area contributed by atoms with Crippen molar-refractivity contribution in [2.45, 2.75) is 19.3 Å². The van der Waals surface area contributed by atoms with Crippen LogP contribution in [0.1, 0.15) is 28.8 Å². The molecule has 72 valence electrons. The number of fused-ring (bicyclic) bond motifs is 1.